The predicted octanol–water partition coefficient (Wildman–Crippen LogP) is 2.14. The summed E-state index contributed by atoms with van der Waals surface area (Å²) in [5.41, 5.74) is 1.55. The van der Waals surface area contributed by atoms with Crippen LogP contribution >= 0.6 is 0 Å². The van der Waals surface area contributed by atoms with Crippen LogP contribution in [-0.2, 0) is 14.9 Å². The fourth-order valence-electron chi connectivity index (χ4n) is 1.41. The van der Waals surface area contributed by atoms with E-state index in [1.807, 2.05) is 20.8 Å². The number of hydrogen-bond donors (Lipinski definition) is 1. The van der Waals surface area contributed by atoms with Crippen LogP contribution in [0.25, 0.3) is 0 Å². The largest absolute Gasteiger partial charge is 0.396 e. The van der Waals surface area contributed by atoms with Gasteiger partial charge >= 0.3 is 0 Å². The Balaban J connectivity index is 2.87. The molecule has 1 rings (SSSR count). The first-order valence-electron chi connectivity index (χ1n) is 6.28. The standard InChI is InChI=1S/C13H20N2O3S/c1-4-10-14-19(16,17)13-8-6-12(7-9-13)11(3)15-18-5-2/h6-9,14H,4-5,10H2,1-3H3/b15-11+. The molecule has 0 spiro atoms. The van der Waals surface area contributed by atoms with E-state index in [0.717, 1.165) is 12.0 Å². The number of hydrogen-bond acceptors (Lipinski definition) is 4. The topological polar surface area (TPSA) is 67.8 Å². The predicted molar refractivity (Wildman–Crippen MR) is 75.8 cm³/mol. The van der Waals surface area contributed by atoms with Crippen molar-refractivity contribution in [1.29, 1.82) is 0 Å². The highest BCUT2D eigenvalue weighted by atomic mass is 32.2. The van der Waals surface area contributed by atoms with Crippen molar-refractivity contribution in [2.75, 3.05) is 13.2 Å². The van der Waals surface area contributed by atoms with Crippen LogP contribution in [0.4, 0.5) is 0 Å². The van der Waals surface area contributed by atoms with E-state index in [2.05, 4.69) is 9.88 Å². The Bertz CT molecular complexity index is 521. The quantitative estimate of drug-likeness (QED) is 0.616. The lowest BCUT2D eigenvalue weighted by Crippen LogP contribution is -2.24. The number of sulfonamides is 1. The lowest BCUT2D eigenvalue weighted by atomic mass is 10.1. The molecule has 0 amide bonds. The van der Waals surface area contributed by atoms with E-state index >= 15 is 0 Å². The molecular weight excluding hydrogens is 264 g/mol. The Labute approximate surface area is 114 Å². The average Bonchev–Trinajstić information content (AvgIpc) is 2.42. The minimum atomic E-state index is -3.40. The number of oxime groups is 1. The molecule has 6 heteroatoms. The van der Waals surface area contributed by atoms with Crippen LogP contribution < -0.4 is 4.72 Å². The van der Waals surface area contributed by atoms with Gasteiger partial charge in [-0.25, -0.2) is 13.1 Å². The zero-order valence-corrected chi connectivity index (χ0v) is 12.3. The van der Waals surface area contributed by atoms with Gasteiger partial charge in [0.15, 0.2) is 0 Å². The number of benzene rings is 1. The zero-order chi connectivity index (χ0) is 14.3. The molecule has 19 heavy (non-hydrogen) atoms. The maximum absolute atomic E-state index is 11.9. The second-order valence-corrected chi connectivity index (χ2v) is 5.78. The van der Waals surface area contributed by atoms with Gasteiger partial charge in [-0.2, -0.15) is 0 Å². The SMILES string of the molecule is CCCNS(=O)(=O)c1ccc(/C(C)=N/OCC)cc1. The summed E-state index contributed by atoms with van der Waals surface area (Å²) in [5, 5.41) is 3.91. The number of rotatable bonds is 7. The molecule has 0 bridgehead atoms. The van der Waals surface area contributed by atoms with Crippen LogP contribution in [0.5, 0.6) is 0 Å². The van der Waals surface area contributed by atoms with E-state index in [4.69, 9.17) is 4.84 Å². The lowest BCUT2D eigenvalue weighted by Gasteiger charge is -2.06. The fraction of sp³-hybridized carbons (Fsp3) is 0.462. The van der Waals surface area contributed by atoms with Crippen LogP contribution in [0.3, 0.4) is 0 Å². The minimum absolute atomic E-state index is 0.258. The molecule has 0 aromatic heterocycles. The van der Waals surface area contributed by atoms with Gasteiger partial charge < -0.3 is 4.84 Å². The number of nitrogens with zero attached hydrogens (tertiary/aromatic N) is 1. The molecule has 1 aromatic rings. The molecule has 1 aromatic carbocycles. The Morgan fingerprint density at radius 1 is 1.26 bits per heavy atom. The molecular formula is C13H20N2O3S. The molecule has 0 aliphatic carbocycles. The first-order valence-corrected chi connectivity index (χ1v) is 7.76. The third-order valence-electron chi connectivity index (χ3n) is 2.46. The summed E-state index contributed by atoms with van der Waals surface area (Å²) in [6, 6.07) is 6.58. The van der Waals surface area contributed by atoms with Gasteiger partial charge in [-0.3, -0.25) is 0 Å². The van der Waals surface area contributed by atoms with Gasteiger partial charge in [0, 0.05) is 6.54 Å². The van der Waals surface area contributed by atoms with Crippen molar-refractivity contribution in [2.24, 2.45) is 5.16 Å². The van der Waals surface area contributed by atoms with Gasteiger partial charge in [0.2, 0.25) is 10.0 Å². The van der Waals surface area contributed by atoms with Gasteiger partial charge in [0.25, 0.3) is 0 Å². The smallest absolute Gasteiger partial charge is 0.240 e. The molecule has 0 heterocycles. The molecule has 0 atom stereocenters. The van der Waals surface area contributed by atoms with Crippen molar-refractivity contribution >= 4 is 15.7 Å². The van der Waals surface area contributed by atoms with Crippen molar-refractivity contribution in [3.05, 3.63) is 29.8 Å². The molecule has 0 saturated heterocycles. The van der Waals surface area contributed by atoms with Crippen molar-refractivity contribution in [3.8, 4) is 0 Å². The number of nitrogens with one attached hydrogen (secondary N) is 1. The minimum Gasteiger partial charge on any atom is -0.396 e. The van der Waals surface area contributed by atoms with Crippen molar-refractivity contribution in [1.82, 2.24) is 4.72 Å². The summed E-state index contributed by atoms with van der Waals surface area (Å²) in [4.78, 5) is 5.22. The van der Waals surface area contributed by atoms with E-state index in [0.29, 0.717) is 18.9 Å². The Morgan fingerprint density at radius 3 is 2.42 bits per heavy atom. The Morgan fingerprint density at radius 2 is 1.89 bits per heavy atom. The molecule has 106 valence electrons. The highest BCUT2D eigenvalue weighted by molar-refractivity contribution is 7.89. The van der Waals surface area contributed by atoms with Gasteiger partial charge in [-0.15, -0.1) is 0 Å². The monoisotopic (exact) mass is 284 g/mol. The molecule has 0 fully saturated rings. The Kier molecular flexibility index (Phi) is 5.98. The summed E-state index contributed by atoms with van der Waals surface area (Å²) in [6.07, 6.45) is 0.761. The van der Waals surface area contributed by atoms with E-state index in [1.165, 1.54) is 0 Å². The lowest BCUT2D eigenvalue weighted by molar-refractivity contribution is 0.159. The van der Waals surface area contributed by atoms with Crippen LogP contribution in [0, 0.1) is 0 Å². The molecule has 0 unspecified atom stereocenters. The van der Waals surface area contributed by atoms with E-state index in [1.54, 1.807) is 24.3 Å². The fourth-order valence-corrected chi connectivity index (χ4v) is 2.54. The van der Waals surface area contributed by atoms with Gasteiger partial charge in [-0.05, 0) is 38.0 Å². The zero-order valence-electron chi connectivity index (χ0n) is 11.5. The van der Waals surface area contributed by atoms with Crippen LogP contribution in [0.2, 0.25) is 0 Å². The van der Waals surface area contributed by atoms with Crippen molar-refractivity contribution < 1.29 is 13.3 Å². The first-order chi connectivity index (χ1) is 9.01. The Hall–Kier alpha value is -1.40. The van der Waals surface area contributed by atoms with Crippen LogP contribution in [-0.4, -0.2) is 27.3 Å². The summed E-state index contributed by atoms with van der Waals surface area (Å²) >= 11 is 0. The molecule has 0 radical (unpaired) electrons. The third-order valence-corrected chi connectivity index (χ3v) is 3.93. The summed E-state index contributed by atoms with van der Waals surface area (Å²) in [6.45, 7) is 6.53. The molecule has 0 aliphatic heterocycles. The van der Waals surface area contributed by atoms with Gasteiger partial charge in [0.1, 0.15) is 6.61 Å². The summed E-state index contributed by atoms with van der Waals surface area (Å²) in [5.74, 6) is 0. The maximum atomic E-state index is 11.9. The second kappa shape index (κ2) is 7.25. The normalized spacial score (nSPS) is 12.5. The molecule has 0 aliphatic rings. The van der Waals surface area contributed by atoms with Crippen LogP contribution in [0.1, 0.15) is 32.8 Å². The van der Waals surface area contributed by atoms with Gasteiger partial charge in [-0.1, -0.05) is 24.2 Å². The first kappa shape index (κ1) is 15.7. The maximum Gasteiger partial charge on any atom is 0.240 e. The highest BCUT2D eigenvalue weighted by Crippen LogP contribution is 2.11. The van der Waals surface area contributed by atoms with Crippen LogP contribution in [0.15, 0.2) is 34.3 Å². The van der Waals surface area contributed by atoms with E-state index < -0.39 is 10.0 Å². The molecule has 1 N–H and O–H groups in total. The molecule has 0 saturated carbocycles. The summed E-state index contributed by atoms with van der Waals surface area (Å²) in [7, 11) is -3.40. The second-order valence-electron chi connectivity index (χ2n) is 4.02. The highest BCUT2D eigenvalue weighted by Gasteiger charge is 2.12. The molecule has 5 nitrogen and oxygen atoms in total. The van der Waals surface area contributed by atoms with Crippen molar-refractivity contribution in [3.63, 3.8) is 0 Å². The van der Waals surface area contributed by atoms with Crippen molar-refractivity contribution in [2.45, 2.75) is 32.1 Å². The summed E-state index contributed by atoms with van der Waals surface area (Å²) < 4.78 is 26.3. The van der Waals surface area contributed by atoms with Gasteiger partial charge in [0.05, 0.1) is 10.6 Å². The van der Waals surface area contributed by atoms with E-state index in [-0.39, 0.29) is 4.90 Å². The third kappa shape index (κ3) is 4.65. The van der Waals surface area contributed by atoms with E-state index in [9.17, 15) is 8.42 Å². The average molecular weight is 284 g/mol.